The number of nitrogens with two attached hydrogens (primary N) is 1. The fourth-order valence-electron chi connectivity index (χ4n) is 2.40. The lowest BCUT2D eigenvalue weighted by Crippen LogP contribution is -2.58. The van der Waals surface area contributed by atoms with Crippen molar-refractivity contribution in [2.75, 3.05) is 32.4 Å². The van der Waals surface area contributed by atoms with Crippen LogP contribution in [-0.2, 0) is 0 Å². The predicted molar refractivity (Wildman–Crippen MR) is 78.2 cm³/mol. The van der Waals surface area contributed by atoms with E-state index in [-0.39, 0.29) is 11.4 Å². The van der Waals surface area contributed by atoms with Gasteiger partial charge in [-0.25, -0.2) is 0 Å². The van der Waals surface area contributed by atoms with Gasteiger partial charge in [0.15, 0.2) is 0 Å². The van der Waals surface area contributed by atoms with Crippen LogP contribution in [0.1, 0.15) is 29.8 Å². The number of piperazine rings is 1. The second-order valence-corrected chi connectivity index (χ2v) is 6.03. The highest BCUT2D eigenvalue weighted by molar-refractivity contribution is 5.95. The normalized spacial score (nSPS) is 19.5. The van der Waals surface area contributed by atoms with E-state index in [1.54, 1.807) is 0 Å². The maximum atomic E-state index is 12.5. The van der Waals surface area contributed by atoms with E-state index < -0.39 is 0 Å². The molecule has 1 aromatic rings. The van der Waals surface area contributed by atoms with Gasteiger partial charge >= 0.3 is 0 Å². The van der Waals surface area contributed by atoms with Gasteiger partial charge in [0, 0.05) is 36.4 Å². The van der Waals surface area contributed by atoms with Crippen LogP contribution in [0.4, 0.5) is 5.69 Å². The molecule has 2 rings (SSSR count). The molecule has 0 aliphatic carbocycles. The first-order valence-electron chi connectivity index (χ1n) is 6.68. The Balaban J connectivity index is 2.18. The number of anilines is 1. The first-order chi connectivity index (χ1) is 8.81. The van der Waals surface area contributed by atoms with Crippen LogP contribution < -0.4 is 5.73 Å². The third-order valence-electron chi connectivity index (χ3n) is 4.12. The quantitative estimate of drug-likeness (QED) is 0.783. The highest BCUT2D eigenvalue weighted by Gasteiger charge is 2.33. The van der Waals surface area contributed by atoms with Crippen molar-refractivity contribution in [2.24, 2.45) is 0 Å². The van der Waals surface area contributed by atoms with Gasteiger partial charge in [0.1, 0.15) is 0 Å². The summed E-state index contributed by atoms with van der Waals surface area (Å²) < 4.78 is 0. The van der Waals surface area contributed by atoms with Crippen LogP contribution in [0.15, 0.2) is 18.2 Å². The first-order valence-corrected chi connectivity index (χ1v) is 6.68. The number of carbonyl (C=O) groups is 1. The zero-order valence-electron chi connectivity index (χ0n) is 12.2. The number of likely N-dealkylation sites (N-methyl/N-ethyl adjacent to an activating group) is 1. The largest absolute Gasteiger partial charge is 0.399 e. The molecule has 0 saturated carbocycles. The van der Waals surface area contributed by atoms with Gasteiger partial charge in [-0.1, -0.05) is 0 Å². The minimum Gasteiger partial charge on any atom is -0.399 e. The zero-order chi connectivity index (χ0) is 14.2. The molecule has 4 heteroatoms. The summed E-state index contributed by atoms with van der Waals surface area (Å²) in [7, 11) is 2.11. The van der Waals surface area contributed by atoms with Crippen LogP contribution in [0.2, 0.25) is 0 Å². The zero-order valence-corrected chi connectivity index (χ0v) is 12.2. The molecule has 1 saturated heterocycles. The van der Waals surface area contributed by atoms with Crippen LogP contribution in [0.3, 0.4) is 0 Å². The summed E-state index contributed by atoms with van der Waals surface area (Å²) in [5.41, 5.74) is 8.24. The Morgan fingerprint density at radius 3 is 2.58 bits per heavy atom. The molecule has 0 atom stereocenters. The third-order valence-corrected chi connectivity index (χ3v) is 4.12. The summed E-state index contributed by atoms with van der Waals surface area (Å²) in [6.07, 6.45) is 0. The Morgan fingerprint density at radius 1 is 1.32 bits per heavy atom. The van der Waals surface area contributed by atoms with Gasteiger partial charge < -0.3 is 10.6 Å². The highest BCUT2D eigenvalue weighted by Crippen LogP contribution is 2.21. The van der Waals surface area contributed by atoms with Gasteiger partial charge in [-0.3, -0.25) is 9.69 Å². The van der Waals surface area contributed by atoms with Crippen molar-refractivity contribution in [1.82, 2.24) is 9.80 Å². The van der Waals surface area contributed by atoms with Crippen LogP contribution in [-0.4, -0.2) is 47.9 Å². The van der Waals surface area contributed by atoms with Crippen molar-refractivity contribution >= 4 is 11.6 Å². The summed E-state index contributed by atoms with van der Waals surface area (Å²) in [6.45, 7) is 8.71. The monoisotopic (exact) mass is 261 g/mol. The number of nitrogen functional groups attached to an aromatic ring is 1. The third kappa shape index (κ3) is 2.73. The van der Waals surface area contributed by atoms with Crippen molar-refractivity contribution < 1.29 is 4.79 Å². The summed E-state index contributed by atoms with van der Waals surface area (Å²) in [4.78, 5) is 16.8. The molecule has 19 heavy (non-hydrogen) atoms. The van der Waals surface area contributed by atoms with Gasteiger partial charge in [0.05, 0.1) is 0 Å². The minimum atomic E-state index is 0.0246. The number of carbonyl (C=O) groups excluding carboxylic acids is 1. The van der Waals surface area contributed by atoms with E-state index in [9.17, 15) is 4.79 Å². The van der Waals surface area contributed by atoms with Crippen molar-refractivity contribution in [3.8, 4) is 0 Å². The lowest BCUT2D eigenvalue weighted by atomic mass is 9.99. The van der Waals surface area contributed by atoms with Gasteiger partial charge in [-0.15, -0.1) is 0 Å². The fourth-order valence-corrected chi connectivity index (χ4v) is 2.40. The number of hydrogen-bond donors (Lipinski definition) is 1. The molecule has 2 N–H and O–H groups in total. The number of hydrogen-bond acceptors (Lipinski definition) is 3. The van der Waals surface area contributed by atoms with E-state index in [0.717, 1.165) is 36.4 Å². The van der Waals surface area contributed by atoms with Crippen molar-refractivity contribution in [3.63, 3.8) is 0 Å². The fraction of sp³-hybridized carbons (Fsp3) is 0.533. The molecule has 1 heterocycles. The Bertz CT molecular complexity index is 496. The topological polar surface area (TPSA) is 49.6 Å². The molecule has 0 spiro atoms. The molecule has 0 aromatic heterocycles. The molecule has 1 aromatic carbocycles. The number of amides is 1. The van der Waals surface area contributed by atoms with Crippen LogP contribution in [0, 0.1) is 6.92 Å². The number of benzene rings is 1. The van der Waals surface area contributed by atoms with E-state index >= 15 is 0 Å². The van der Waals surface area contributed by atoms with Crippen LogP contribution in [0.25, 0.3) is 0 Å². The van der Waals surface area contributed by atoms with Crippen molar-refractivity contribution in [2.45, 2.75) is 26.3 Å². The maximum absolute atomic E-state index is 12.5. The van der Waals surface area contributed by atoms with Crippen molar-refractivity contribution in [1.29, 1.82) is 0 Å². The molecule has 0 bridgehead atoms. The number of aryl methyl sites for hydroxylation is 1. The lowest BCUT2D eigenvalue weighted by molar-refractivity contribution is 0.0311. The molecule has 1 fully saturated rings. The second-order valence-electron chi connectivity index (χ2n) is 6.03. The molecule has 0 radical (unpaired) electrons. The average Bonchev–Trinajstić information content (AvgIpc) is 2.35. The van der Waals surface area contributed by atoms with E-state index in [0.29, 0.717) is 0 Å². The molecular formula is C15H23N3O. The van der Waals surface area contributed by atoms with E-state index in [1.807, 2.05) is 30.0 Å². The molecule has 1 aliphatic rings. The van der Waals surface area contributed by atoms with Crippen LogP contribution in [0.5, 0.6) is 0 Å². The summed E-state index contributed by atoms with van der Waals surface area (Å²) in [5, 5.41) is 0. The van der Waals surface area contributed by atoms with Gasteiger partial charge in [-0.2, -0.15) is 0 Å². The standard InChI is InChI=1S/C15H23N3O/c1-11-9-12(5-6-13(11)16)14(19)18-8-7-17(4)15(2,3)10-18/h5-6,9H,7-8,10,16H2,1-4H3. The number of nitrogens with zero attached hydrogens (tertiary/aromatic N) is 2. The lowest BCUT2D eigenvalue weighted by Gasteiger charge is -2.45. The maximum Gasteiger partial charge on any atom is 0.253 e. The first kappa shape index (κ1) is 13.9. The van der Waals surface area contributed by atoms with Gasteiger partial charge in [0.25, 0.3) is 5.91 Å². The Hall–Kier alpha value is -1.55. The Labute approximate surface area is 115 Å². The van der Waals surface area contributed by atoms with Gasteiger partial charge in [0.2, 0.25) is 0 Å². The highest BCUT2D eigenvalue weighted by atomic mass is 16.2. The van der Waals surface area contributed by atoms with Gasteiger partial charge in [-0.05, 0) is 51.6 Å². The Kier molecular flexibility index (Phi) is 3.54. The number of rotatable bonds is 1. The summed E-state index contributed by atoms with van der Waals surface area (Å²) >= 11 is 0. The van der Waals surface area contributed by atoms with E-state index in [4.69, 9.17) is 5.73 Å². The SMILES string of the molecule is Cc1cc(C(=O)N2CCN(C)C(C)(C)C2)ccc1N. The molecular weight excluding hydrogens is 238 g/mol. The van der Waals surface area contributed by atoms with Crippen molar-refractivity contribution in [3.05, 3.63) is 29.3 Å². The van der Waals surface area contributed by atoms with E-state index in [1.165, 1.54) is 0 Å². The molecule has 0 unspecified atom stereocenters. The summed E-state index contributed by atoms with van der Waals surface area (Å²) in [5.74, 6) is 0.101. The average molecular weight is 261 g/mol. The second kappa shape index (κ2) is 4.85. The smallest absolute Gasteiger partial charge is 0.253 e. The van der Waals surface area contributed by atoms with Crippen LogP contribution >= 0.6 is 0 Å². The van der Waals surface area contributed by atoms with E-state index in [2.05, 4.69) is 25.8 Å². The summed E-state index contributed by atoms with van der Waals surface area (Å²) in [6, 6.07) is 5.50. The molecule has 1 amide bonds. The molecule has 104 valence electrons. The molecule has 4 nitrogen and oxygen atoms in total. The molecule has 1 aliphatic heterocycles. The predicted octanol–water partition coefficient (Wildman–Crippen LogP) is 1.74. The Morgan fingerprint density at radius 2 is 2.00 bits per heavy atom. The minimum absolute atomic E-state index is 0.0246.